The maximum absolute atomic E-state index is 14.4. The fourth-order valence-corrected chi connectivity index (χ4v) is 8.29. The number of carbonyl (C=O) groups excluding carboxylic acids is 4. The highest BCUT2D eigenvalue weighted by Gasteiger charge is 2.55. The number of esters is 2. The highest BCUT2D eigenvalue weighted by molar-refractivity contribution is 5.98. The number of phenolic OH excluding ortho intramolecular Hbond substituents is 1. The molecule has 5 atom stereocenters. The molecule has 1 spiro atoms. The van der Waals surface area contributed by atoms with Crippen LogP contribution in [0.4, 0.5) is 0 Å². The van der Waals surface area contributed by atoms with Gasteiger partial charge in [-0.15, -0.1) is 0 Å². The maximum atomic E-state index is 14.4. The number of likely N-dealkylation sites (tertiary alicyclic amines) is 1. The van der Waals surface area contributed by atoms with Gasteiger partial charge in [-0.1, -0.05) is 66.7 Å². The SMILES string of the molecule is CC(C)(C)OC(=O)CC[C@@H](CO)NC(=O)[C@H]1CCCN1C(=O)C1=C[C@H]2OC3(Cc4ccccc4C3)O[C@H]2[C@H](OC(=O)c2cccc(C=CCc3ccccc3O)c2)C1. The third-order valence-corrected chi connectivity index (χ3v) is 11.0. The minimum atomic E-state index is -0.981. The number of phenols is 1. The van der Waals surface area contributed by atoms with E-state index in [1.165, 1.54) is 4.90 Å². The third kappa shape index (κ3) is 9.52. The third-order valence-electron chi connectivity index (χ3n) is 11.0. The van der Waals surface area contributed by atoms with Gasteiger partial charge in [-0.25, -0.2) is 4.79 Å². The van der Waals surface area contributed by atoms with Crippen LogP contribution in [0.2, 0.25) is 0 Å². The number of carbonyl (C=O) groups is 4. The first kappa shape index (κ1) is 40.9. The number of fused-ring (bicyclic) bond motifs is 2. The summed E-state index contributed by atoms with van der Waals surface area (Å²) >= 11 is 0. The molecule has 2 aliphatic carbocycles. The zero-order valence-corrected chi connectivity index (χ0v) is 33.2. The van der Waals surface area contributed by atoms with Crippen LogP contribution in [0.3, 0.4) is 0 Å². The molecule has 3 aromatic carbocycles. The van der Waals surface area contributed by atoms with Gasteiger partial charge in [-0.05, 0) is 93.0 Å². The zero-order chi connectivity index (χ0) is 41.0. The molecule has 0 radical (unpaired) electrons. The minimum absolute atomic E-state index is 0.0148. The van der Waals surface area contributed by atoms with Crippen molar-refractivity contribution in [2.24, 2.45) is 0 Å². The van der Waals surface area contributed by atoms with E-state index in [-0.39, 0.29) is 37.5 Å². The van der Waals surface area contributed by atoms with E-state index in [0.29, 0.717) is 49.8 Å². The topological polar surface area (TPSA) is 161 Å². The number of ether oxygens (including phenoxy) is 4. The van der Waals surface area contributed by atoms with Crippen molar-refractivity contribution in [2.75, 3.05) is 13.2 Å². The van der Waals surface area contributed by atoms with E-state index in [4.69, 9.17) is 18.9 Å². The number of aliphatic hydroxyl groups is 1. The van der Waals surface area contributed by atoms with Gasteiger partial charge in [0, 0.05) is 37.8 Å². The Morgan fingerprint density at radius 3 is 2.47 bits per heavy atom. The Morgan fingerprint density at radius 2 is 1.74 bits per heavy atom. The second kappa shape index (κ2) is 17.3. The summed E-state index contributed by atoms with van der Waals surface area (Å²) in [4.78, 5) is 55.7. The van der Waals surface area contributed by atoms with Crippen molar-refractivity contribution >= 4 is 29.8 Å². The van der Waals surface area contributed by atoms with Gasteiger partial charge in [-0.2, -0.15) is 0 Å². The van der Waals surface area contributed by atoms with Crippen LogP contribution in [-0.2, 0) is 52.6 Å². The van der Waals surface area contributed by atoms with Crippen molar-refractivity contribution in [1.82, 2.24) is 10.2 Å². The molecule has 3 aromatic rings. The quantitative estimate of drug-likeness (QED) is 0.204. The number of hydrogen-bond donors (Lipinski definition) is 3. The zero-order valence-electron chi connectivity index (χ0n) is 33.2. The molecule has 3 N–H and O–H groups in total. The largest absolute Gasteiger partial charge is 0.508 e. The first-order chi connectivity index (χ1) is 27.8. The summed E-state index contributed by atoms with van der Waals surface area (Å²) in [7, 11) is 0. The van der Waals surface area contributed by atoms with E-state index >= 15 is 0 Å². The van der Waals surface area contributed by atoms with E-state index in [0.717, 1.165) is 22.3 Å². The molecule has 2 heterocycles. The number of amides is 2. The summed E-state index contributed by atoms with van der Waals surface area (Å²) in [5.74, 6) is -2.54. The Labute approximate surface area is 338 Å². The molecule has 4 aliphatic rings. The van der Waals surface area contributed by atoms with Gasteiger partial charge in [0.15, 0.2) is 5.79 Å². The lowest BCUT2D eigenvalue weighted by atomic mass is 9.91. The second-order valence-electron chi connectivity index (χ2n) is 16.6. The van der Waals surface area contributed by atoms with E-state index < -0.39 is 59.6 Å². The molecule has 2 fully saturated rings. The summed E-state index contributed by atoms with van der Waals surface area (Å²) in [6.45, 7) is 5.28. The minimum Gasteiger partial charge on any atom is -0.508 e. The summed E-state index contributed by atoms with van der Waals surface area (Å²) in [5, 5.41) is 23.0. The van der Waals surface area contributed by atoms with Crippen LogP contribution in [0, 0.1) is 0 Å². The molecule has 306 valence electrons. The fourth-order valence-electron chi connectivity index (χ4n) is 8.29. The Balaban J connectivity index is 1.06. The molecular weight excluding hydrogens is 741 g/mol. The first-order valence-corrected chi connectivity index (χ1v) is 20.1. The summed E-state index contributed by atoms with van der Waals surface area (Å²) < 4.78 is 24.9. The van der Waals surface area contributed by atoms with Gasteiger partial charge in [0.2, 0.25) is 11.8 Å². The molecule has 7 rings (SSSR count). The molecule has 12 nitrogen and oxygen atoms in total. The normalized spacial score (nSPS) is 22.6. The lowest BCUT2D eigenvalue weighted by molar-refractivity contribution is -0.172. The summed E-state index contributed by atoms with van der Waals surface area (Å²) in [5.41, 5.74) is 3.82. The molecule has 58 heavy (non-hydrogen) atoms. The lowest BCUT2D eigenvalue weighted by Gasteiger charge is -2.33. The maximum Gasteiger partial charge on any atom is 0.338 e. The number of allylic oxidation sites excluding steroid dienone is 1. The lowest BCUT2D eigenvalue weighted by Crippen LogP contribution is -2.51. The molecule has 0 aromatic heterocycles. The molecule has 2 amide bonds. The Morgan fingerprint density at radius 1 is 1.00 bits per heavy atom. The number of rotatable bonds is 12. The smallest absolute Gasteiger partial charge is 0.338 e. The number of hydrogen-bond acceptors (Lipinski definition) is 10. The fraction of sp³-hybridized carbons (Fsp3) is 0.435. The number of nitrogens with zero attached hydrogens (tertiary/aromatic N) is 1. The van der Waals surface area contributed by atoms with Crippen molar-refractivity contribution in [3.63, 3.8) is 0 Å². The molecule has 12 heteroatoms. The highest BCUT2D eigenvalue weighted by atomic mass is 16.8. The standard InChI is InChI=1S/C46H52N2O10/c1-45(2,3)57-40(51)21-20-35(28-49)47-42(52)36-18-10-22-48(36)43(53)34-24-38(41-39(25-34)56-46(58-41)26-32-14-4-5-15-33(32)27-46)55-44(54)31-17-9-12-29(23-31)11-8-16-30-13-6-7-19-37(30)50/h4-9,11-15,17,19,23,25,35-36,38-39,41,49-50H,10,16,18,20-22,24,26-28H2,1-3H3,(H,47,52)/t35-,36+,38+,39+,41-/m0/s1. The highest BCUT2D eigenvalue weighted by Crippen LogP contribution is 2.45. The second-order valence-corrected chi connectivity index (χ2v) is 16.6. The molecular formula is C46H52N2O10. The predicted octanol–water partition coefficient (Wildman–Crippen LogP) is 5.37. The predicted molar refractivity (Wildman–Crippen MR) is 214 cm³/mol. The van der Waals surface area contributed by atoms with E-state index in [9.17, 15) is 29.4 Å². The van der Waals surface area contributed by atoms with Crippen LogP contribution in [0.15, 0.2) is 90.5 Å². The molecule has 0 unspecified atom stereocenters. The molecule has 0 bridgehead atoms. The van der Waals surface area contributed by atoms with Gasteiger partial charge in [0.1, 0.15) is 35.7 Å². The van der Waals surface area contributed by atoms with E-state index in [2.05, 4.69) is 5.32 Å². The Bertz CT molecular complexity index is 2060. The number of aliphatic hydroxyl groups excluding tert-OH is 1. The first-order valence-electron chi connectivity index (χ1n) is 20.1. The van der Waals surface area contributed by atoms with Gasteiger partial charge >= 0.3 is 11.9 Å². The van der Waals surface area contributed by atoms with Crippen LogP contribution in [0.5, 0.6) is 5.75 Å². The van der Waals surface area contributed by atoms with Crippen molar-refractivity contribution < 1.29 is 48.3 Å². The van der Waals surface area contributed by atoms with Crippen molar-refractivity contribution in [2.45, 2.75) is 114 Å². The average molecular weight is 793 g/mol. The van der Waals surface area contributed by atoms with Crippen LogP contribution < -0.4 is 5.32 Å². The number of benzene rings is 3. The van der Waals surface area contributed by atoms with Crippen LogP contribution in [-0.4, -0.2) is 93.8 Å². The van der Waals surface area contributed by atoms with Crippen LogP contribution in [0.1, 0.15) is 85.5 Å². The van der Waals surface area contributed by atoms with Gasteiger partial charge in [0.05, 0.1) is 18.2 Å². The number of para-hydroxylation sites is 1. The van der Waals surface area contributed by atoms with Gasteiger partial charge < -0.3 is 39.4 Å². The van der Waals surface area contributed by atoms with Crippen LogP contribution in [0.25, 0.3) is 6.08 Å². The van der Waals surface area contributed by atoms with E-state index in [1.54, 1.807) is 57.2 Å². The molecule has 0 saturated carbocycles. The van der Waals surface area contributed by atoms with Gasteiger partial charge in [0.25, 0.3) is 0 Å². The van der Waals surface area contributed by atoms with E-state index in [1.807, 2.05) is 54.6 Å². The van der Waals surface area contributed by atoms with Crippen LogP contribution >= 0.6 is 0 Å². The number of nitrogens with one attached hydrogen (secondary N) is 1. The Hall–Kier alpha value is -5.30. The monoisotopic (exact) mass is 792 g/mol. The van der Waals surface area contributed by atoms with Crippen molar-refractivity contribution in [3.8, 4) is 5.75 Å². The molecule has 2 aliphatic heterocycles. The van der Waals surface area contributed by atoms with Crippen molar-refractivity contribution in [3.05, 3.63) is 118 Å². The van der Waals surface area contributed by atoms with Gasteiger partial charge in [-0.3, -0.25) is 14.4 Å². The number of aromatic hydroxyl groups is 1. The molecule has 2 saturated heterocycles. The average Bonchev–Trinajstić information content (AvgIpc) is 3.92. The summed E-state index contributed by atoms with van der Waals surface area (Å²) in [6.07, 6.45) is 6.12. The summed E-state index contributed by atoms with van der Waals surface area (Å²) in [6, 6.07) is 20.7. The Kier molecular flexibility index (Phi) is 12.2. The van der Waals surface area contributed by atoms with Crippen molar-refractivity contribution in [1.29, 1.82) is 0 Å².